The Morgan fingerprint density at radius 1 is 1.40 bits per heavy atom. The summed E-state index contributed by atoms with van der Waals surface area (Å²) < 4.78 is 10.8. The largest absolute Gasteiger partial charge is 0.484 e. The van der Waals surface area contributed by atoms with Gasteiger partial charge in [0.2, 0.25) is 0 Å². The summed E-state index contributed by atoms with van der Waals surface area (Å²) in [6.45, 7) is 4.20. The average Bonchev–Trinajstić information content (AvgIpc) is 2.42. The number of hydrogen-bond donors (Lipinski definition) is 2. The second-order valence-electron chi connectivity index (χ2n) is 5.76. The van der Waals surface area contributed by atoms with E-state index < -0.39 is 0 Å². The van der Waals surface area contributed by atoms with Gasteiger partial charge in [-0.2, -0.15) is 0 Å². The summed E-state index contributed by atoms with van der Waals surface area (Å²) in [6.07, 6.45) is 1.04. The van der Waals surface area contributed by atoms with Crippen LogP contribution in [0.4, 0.5) is 5.69 Å². The highest BCUT2D eigenvalue weighted by Crippen LogP contribution is 2.42. The monoisotopic (exact) mass is 278 g/mol. The van der Waals surface area contributed by atoms with E-state index in [1.165, 1.54) is 0 Å². The molecule has 1 amide bonds. The lowest BCUT2D eigenvalue weighted by Crippen LogP contribution is -2.62. The number of nitrogens with two attached hydrogens (primary N) is 1. The molecule has 5 heteroatoms. The van der Waals surface area contributed by atoms with E-state index in [0.29, 0.717) is 11.4 Å². The van der Waals surface area contributed by atoms with E-state index in [9.17, 15) is 4.79 Å². The van der Waals surface area contributed by atoms with Gasteiger partial charge in [0.25, 0.3) is 5.91 Å². The van der Waals surface area contributed by atoms with Crippen LogP contribution in [0.3, 0.4) is 0 Å². The summed E-state index contributed by atoms with van der Waals surface area (Å²) in [5.41, 5.74) is 6.22. The molecule has 0 aromatic heterocycles. The molecule has 2 atom stereocenters. The van der Waals surface area contributed by atoms with Gasteiger partial charge in [-0.25, -0.2) is 0 Å². The third kappa shape index (κ3) is 3.04. The Balaban J connectivity index is 1.78. The predicted octanol–water partition coefficient (Wildman–Crippen LogP) is 1.58. The van der Waals surface area contributed by atoms with Crippen molar-refractivity contribution in [2.24, 2.45) is 5.41 Å². The van der Waals surface area contributed by atoms with Crippen LogP contribution < -0.4 is 15.8 Å². The fraction of sp³-hybridized carbons (Fsp3) is 0.533. The minimum absolute atomic E-state index is 0.00808. The molecule has 0 aliphatic heterocycles. The minimum atomic E-state index is -0.116. The highest BCUT2D eigenvalue weighted by atomic mass is 16.5. The normalized spacial score (nSPS) is 23.8. The van der Waals surface area contributed by atoms with Gasteiger partial charge >= 0.3 is 0 Å². The van der Waals surface area contributed by atoms with E-state index in [1.807, 2.05) is 0 Å². The number of benzene rings is 1. The summed E-state index contributed by atoms with van der Waals surface area (Å²) in [5, 5.41) is 2.98. The van der Waals surface area contributed by atoms with E-state index in [2.05, 4.69) is 19.2 Å². The van der Waals surface area contributed by atoms with Gasteiger partial charge < -0.3 is 20.5 Å². The molecule has 1 aromatic rings. The summed E-state index contributed by atoms with van der Waals surface area (Å²) in [6, 6.07) is 7.11. The Kier molecular flexibility index (Phi) is 4.18. The summed E-state index contributed by atoms with van der Waals surface area (Å²) in [5.74, 6) is 0.520. The Bertz CT molecular complexity index is 471. The Morgan fingerprint density at radius 2 is 2.05 bits per heavy atom. The van der Waals surface area contributed by atoms with Crippen LogP contribution in [0.25, 0.3) is 0 Å². The van der Waals surface area contributed by atoms with Crippen molar-refractivity contribution >= 4 is 11.6 Å². The van der Waals surface area contributed by atoms with Crippen LogP contribution in [0.1, 0.15) is 20.3 Å². The molecule has 110 valence electrons. The molecule has 0 radical (unpaired) electrons. The maximum absolute atomic E-state index is 11.9. The average molecular weight is 278 g/mol. The molecule has 0 spiro atoms. The zero-order chi connectivity index (χ0) is 14.8. The molecular weight excluding hydrogens is 256 g/mol. The van der Waals surface area contributed by atoms with Gasteiger partial charge in [-0.1, -0.05) is 13.8 Å². The lowest BCUT2D eigenvalue weighted by Gasteiger charge is -2.51. The molecule has 2 rings (SSSR count). The van der Waals surface area contributed by atoms with E-state index in [4.69, 9.17) is 15.2 Å². The smallest absolute Gasteiger partial charge is 0.258 e. The van der Waals surface area contributed by atoms with Gasteiger partial charge in [-0.05, 0) is 30.7 Å². The molecule has 1 aliphatic rings. The molecule has 20 heavy (non-hydrogen) atoms. The fourth-order valence-corrected chi connectivity index (χ4v) is 2.48. The van der Waals surface area contributed by atoms with Crippen LogP contribution in [0.2, 0.25) is 0 Å². The maximum atomic E-state index is 11.9. The highest BCUT2D eigenvalue weighted by Gasteiger charge is 2.49. The minimum Gasteiger partial charge on any atom is -0.484 e. The molecule has 0 saturated heterocycles. The van der Waals surface area contributed by atoms with Crippen molar-refractivity contribution in [1.82, 2.24) is 5.32 Å². The van der Waals surface area contributed by atoms with Crippen LogP contribution in [0, 0.1) is 5.41 Å². The molecule has 2 unspecified atom stereocenters. The van der Waals surface area contributed by atoms with Crippen LogP contribution in [-0.2, 0) is 9.53 Å². The molecule has 1 aromatic carbocycles. The number of carbonyl (C=O) groups excluding carboxylic acids is 1. The summed E-state index contributed by atoms with van der Waals surface area (Å²) >= 11 is 0. The number of anilines is 1. The summed E-state index contributed by atoms with van der Waals surface area (Å²) in [7, 11) is 1.70. The Labute approximate surface area is 119 Å². The number of amides is 1. The quantitative estimate of drug-likeness (QED) is 0.802. The van der Waals surface area contributed by atoms with Gasteiger partial charge in [-0.3, -0.25) is 4.79 Å². The second-order valence-corrected chi connectivity index (χ2v) is 5.76. The number of methoxy groups -OCH3 is 1. The molecule has 5 nitrogen and oxygen atoms in total. The lowest BCUT2D eigenvalue weighted by atomic mass is 9.64. The highest BCUT2D eigenvalue weighted by molar-refractivity contribution is 5.78. The van der Waals surface area contributed by atoms with Crippen LogP contribution in [0.5, 0.6) is 5.75 Å². The van der Waals surface area contributed by atoms with Crippen molar-refractivity contribution in [1.29, 1.82) is 0 Å². The van der Waals surface area contributed by atoms with E-state index in [-0.39, 0.29) is 30.1 Å². The maximum Gasteiger partial charge on any atom is 0.258 e. The first-order valence-corrected chi connectivity index (χ1v) is 6.74. The first-order valence-electron chi connectivity index (χ1n) is 6.74. The van der Waals surface area contributed by atoms with Gasteiger partial charge in [0, 0.05) is 24.3 Å². The second kappa shape index (κ2) is 5.71. The molecule has 1 saturated carbocycles. The predicted molar refractivity (Wildman–Crippen MR) is 77.5 cm³/mol. The molecule has 1 aliphatic carbocycles. The summed E-state index contributed by atoms with van der Waals surface area (Å²) in [4.78, 5) is 11.9. The van der Waals surface area contributed by atoms with Crippen molar-refractivity contribution < 1.29 is 14.3 Å². The fourth-order valence-electron chi connectivity index (χ4n) is 2.48. The lowest BCUT2D eigenvalue weighted by molar-refractivity contribution is -0.134. The molecule has 0 heterocycles. The number of rotatable bonds is 5. The topological polar surface area (TPSA) is 73.6 Å². The van der Waals surface area contributed by atoms with E-state index in [0.717, 1.165) is 6.42 Å². The molecule has 3 N–H and O–H groups in total. The molecule has 0 bridgehead atoms. The molecule has 1 fully saturated rings. The van der Waals surface area contributed by atoms with Crippen molar-refractivity contribution in [3.05, 3.63) is 24.3 Å². The van der Waals surface area contributed by atoms with Crippen molar-refractivity contribution in [2.45, 2.75) is 32.4 Å². The standard InChI is InChI=1S/C15H22N2O3/c1-15(2)12(8-13(15)19-3)17-14(18)9-20-11-6-4-10(16)5-7-11/h4-7,12-13H,8-9,16H2,1-3H3,(H,17,18). The third-order valence-electron chi connectivity index (χ3n) is 4.05. The van der Waals surface area contributed by atoms with E-state index >= 15 is 0 Å². The number of ether oxygens (including phenoxy) is 2. The van der Waals surface area contributed by atoms with Crippen LogP contribution >= 0.6 is 0 Å². The Morgan fingerprint density at radius 3 is 2.60 bits per heavy atom. The first kappa shape index (κ1) is 14.7. The Hall–Kier alpha value is -1.75. The van der Waals surface area contributed by atoms with Gasteiger partial charge in [0.1, 0.15) is 5.75 Å². The van der Waals surface area contributed by atoms with Crippen molar-refractivity contribution in [3.8, 4) is 5.75 Å². The van der Waals surface area contributed by atoms with Crippen molar-refractivity contribution in [2.75, 3.05) is 19.5 Å². The van der Waals surface area contributed by atoms with Crippen molar-refractivity contribution in [3.63, 3.8) is 0 Å². The molecular formula is C15H22N2O3. The van der Waals surface area contributed by atoms with Crippen LogP contribution in [-0.4, -0.2) is 31.8 Å². The third-order valence-corrected chi connectivity index (χ3v) is 4.05. The van der Waals surface area contributed by atoms with E-state index in [1.54, 1.807) is 31.4 Å². The van der Waals surface area contributed by atoms with Gasteiger partial charge in [-0.15, -0.1) is 0 Å². The number of nitrogens with one attached hydrogen (secondary N) is 1. The number of nitrogen functional groups attached to an aromatic ring is 1. The SMILES string of the molecule is COC1CC(NC(=O)COc2ccc(N)cc2)C1(C)C. The van der Waals surface area contributed by atoms with Gasteiger partial charge in [0.15, 0.2) is 6.61 Å². The first-order chi connectivity index (χ1) is 9.43. The van der Waals surface area contributed by atoms with Crippen LogP contribution in [0.15, 0.2) is 24.3 Å². The van der Waals surface area contributed by atoms with Gasteiger partial charge in [0.05, 0.1) is 6.10 Å². The zero-order valence-electron chi connectivity index (χ0n) is 12.2. The zero-order valence-corrected chi connectivity index (χ0v) is 12.2. The number of carbonyl (C=O) groups is 1. The number of hydrogen-bond acceptors (Lipinski definition) is 4.